The van der Waals surface area contributed by atoms with Crippen LogP contribution in [0.1, 0.15) is 0 Å². The molecule has 0 radical (unpaired) electrons. The van der Waals surface area contributed by atoms with E-state index in [4.69, 9.17) is 16.6 Å². The number of nitrogens with two attached hydrogens (primary N) is 2. The van der Waals surface area contributed by atoms with Gasteiger partial charge in [0.25, 0.3) is 0 Å². The first kappa shape index (κ1) is 15.6. The van der Waals surface area contributed by atoms with Gasteiger partial charge in [-0.15, -0.1) is 0 Å². The van der Waals surface area contributed by atoms with Gasteiger partial charge in [-0.05, 0) is 12.1 Å². The van der Waals surface area contributed by atoms with Crippen LogP contribution in [-0.2, 0) is 0 Å². The Bertz CT molecular complexity index is 919. The lowest BCUT2D eigenvalue weighted by Gasteiger charge is -2.06. The fourth-order valence-corrected chi connectivity index (χ4v) is 2.25. The van der Waals surface area contributed by atoms with Crippen LogP contribution in [-0.4, -0.2) is 27.5 Å². The zero-order valence-corrected chi connectivity index (χ0v) is 12.9. The molecule has 0 spiro atoms. The van der Waals surface area contributed by atoms with Gasteiger partial charge in [-0.25, -0.2) is 15.0 Å². The van der Waals surface area contributed by atoms with Gasteiger partial charge < -0.3 is 16.6 Å². The molecule has 0 saturated carbocycles. The van der Waals surface area contributed by atoms with E-state index >= 15 is 0 Å². The smallest absolute Gasteiger partial charge is 0.166 e. The van der Waals surface area contributed by atoms with Crippen LogP contribution in [0.5, 0.6) is 0 Å². The summed E-state index contributed by atoms with van der Waals surface area (Å²) in [6.07, 6.45) is 1.42. The summed E-state index contributed by atoms with van der Waals surface area (Å²) >= 11 is 0. The number of aliphatic hydroxyl groups excluding tert-OH is 1. The molecule has 0 aliphatic rings. The van der Waals surface area contributed by atoms with Crippen molar-refractivity contribution in [1.29, 1.82) is 0 Å². The van der Waals surface area contributed by atoms with Crippen LogP contribution in [0, 0.1) is 0 Å². The first-order valence-corrected chi connectivity index (χ1v) is 7.40. The van der Waals surface area contributed by atoms with Crippen molar-refractivity contribution < 1.29 is 5.11 Å². The predicted octanol–water partition coefficient (Wildman–Crippen LogP) is 2.12. The molecular weight excluding hydrogens is 302 g/mol. The molecule has 1 heterocycles. The van der Waals surface area contributed by atoms with Crippen LogP contribution >= 0.6 is 0 Å². The summed E-state index contributed by atoms with van der Waals surface area (Å²) in [6, 6.07) is 17.2. The Morgan fingerprint density at radius 2 is 1.71 bits per heavy atom. The maximum absolute atomic E-state index is 8.98. The average molecular weight is 319 g/mol. The Hall–Kier alpha value is -3.25. The lowest BCUT2D eigenvalue weighted by atomic mass is 10.2. The maximum Gasteiger partial charge on any atom is 0.166 e. The molecule has 24 heavy (non-hydrogen) atoms. The Morgan fingerprint density at radius 3 is 2.46 bits per heavy atom. The fraction of sp³-hybridized carbons (Fsp3) is 0.0556. The summed E-state index contributed by atoms with van der Waals surface area (Å²) in [5.41, 5.74) is 13.4. The number of para-hydroxylation sites is 1. The van der Waals surface area contributed by atoms with E-state index in [2.05, 4.69) is 15.0 Å². The largest absolute Gasteiger partial charge is 0.400 e. The van der Waals surface area contributed by atoms with E-state index in [9.17, 15) is 0 Å². The van der Waals surface area contributed by atoms with Gasteiger partial charge in [-0.1, -0.05) is 42.5 Å². The number of benzene rings is 2. The van der Waals surface area contributed by atoms with Gasteiger partial charge in [0.15, 0.2) is 11.6 Å². The average Bonchev–Trinajstić information content (AvgIpc) is 2.62. The second kappa shape index (κ2) is 6.89. The van der Waals surface area contributed by atoms with E-state index in [1.54, 1.807) is 0 Å². The van der Waals surface area contributed by atoms with Crippen LogP contribution in [0.4, 0.5) is 5.82 Å². The molecule has 5 N–H and O–H groups in total. The monoisotopic (exact) mass is 319 g/mol. The van der Waals surface area contributed by atoms with Gasteiger partial charge in [0.2, 0.25) is 0 Å². The van der Waals surface area contributed by atoms with Crippen molar-refractivity contribution in [3.63, 3.8) is 0 Å². The third-order valence-electron chi connectivity index (χ3n) is 3.37. The van der Waals surface area contributed by atoms with Crippen molar-refractivity contribution in [3.05, 3.63) is 66.4 Å². The van der Waals surface area contributed by atoms with E-state index in [-0.39, 0.29) is 18.1 Å². The zero-order valence-electron chi connectivity index (χ0n) is 12.9. The van der Waals surface area contributed by atoms with Crippen molar-refractivity contribution in [1.82, 2.24) is 9.97 Å². The Labute approximate surface area is 139 Å². The summed E-state index contributed by atoms with van der Waals surface area (Å²) in [7, 11) is 0. The van der Waals surface area contributed by atoms with E-state index < -0.39 is 0 Å². The summed E-state index contributed by atoms with van der Waals surface area (Å²) in [5.74, 6) is 1.20. The lowest BCUT2D eigenvalue weighted by Crippen LogP contribution is -2.13. The van der Waals surface area contributed by atoms with Crippen molar-refractivity contribution in [2.24, 2.45) is 16.5 Å². The van der Waals surface area contributed by atoms with E-state index in [1.165, 1.54) is 6.08 Å². The van der Waals surface area contributed by atoms with Gasteiger partial charge in [-0.3, -0.25) is 0 Å². The van der Waals surface area contributed by atoms with E-state index in [1.807, 2.05) is 54.6 Å². The van der Waals surface area contributed by atoms with Crippen molar-refractivity contribution in [3.8, 4) is 11.4 Å². The number of aliphatic imine (C=N–C) groups is 1. The minimum absolute atomic E-state index is 0.171. The summed E-state index contributed by atoms with van der Waals surface area (Å²) in [6.45, 7) is -0.282. The van der Waals surface area contributed by atoms with Gasteiger partial charge >= 0.3 is 0 Å². The van der Waals surface area contributed by atoms with Gasteiger partial charge in [0.1, 0.15) is 5.84 Å². The molecule has 3 rings (SSSR count). The molecule has 0 fully saturated rings. The van der Waals surface area contributed by atoms with Crippen molar-refractivity contribution in [2.75, 3.05) is 6.61 Å². The second-order valence-corrected chi connectivity index (χ2v) is 5.17. The molecule has 1 aromatic heterocycles. The Kier molecular flexibility index (Phi) is 4.49. The molecule has 3 aromatic rings. The van der Waals surface area contributed by atoms with Crippen molar-refractivity contribution >= 4 is 22.6 Å². The van der Waals surface area contributed by atoms with Crippen LogP contribution < -0.4 is 11.5 Å². The number of rotatable bonds is 4. The molecule has 0 amide bonds. The third kappa shape index (κ3) is 3.39. The molecule has 6 nitrogen and oxygen atoms in total. The van der Waals surface area contributed by atoms with Crippen LogP contribution in [0.3, 0.4) is 0 Å². The summed E-state index contributed by atoms with van der Waals surface area (Å²) in [4.78, 5) is 13.5. The minimum atomic E-state index is -0.282. The SMILES string of the molecule is NC(=CC(N)=Nc1nc(-c2ccccc2)nc2ccccc12)CO. The summed E-state index contributed by atoms with van der Waals surface area (Å²) in [5, 5.41) is 9.77. The number of aliphatic hydroxyl groups is 1. The predicted molar refractivity (Wildman–Crippen MR) is 95.6 cm³/mol. The highest BCUT2D eigenvalue weighted by Crippen LogP contribution is 2.26. The standard InChI is InChI=1S/C18H17N5O/c19-13(11-24)10-16(20)22-18-14-8-4-5-9-15(14)21-17(23-18)12-6-2-1-3-7-12/h1-10,24H,11,19H2,(H2,20,21,22,23). The molecule has 6 heteroatoms. The summed E-state index contributed by atoms with van der Waals surface area (Å²) < 4.78 is 0. The maximum atomic E-state index is 8.98. The first-order valence-electron chi connectivity index (χ1n) is 7.40. The number of hydrogen-bond acceptors (Lipinski definition) is 5. The lowest BCUT2D eigenvalue weighted by molar-refractivity contribution is 0.330. The van der Waals surface area contributed by atoms with Crippen LogP contribution in [0.25, 0.3) is 22.3 Å². The molecule has 0 bridgehead atoms. The molecule has 120 valence electrons. The van der Waals surface area contributed by atoms with Gasteiger partial charge in [-0.2, -0.15) is 0 Å². The molecule has 0 atom stereocenters. The second-order valence-electron chi connectivity index (χ2n) is 5.17. The zero-order chi connectivity index (χ0) is 16.9. The molecule has 0 saturated heterocycles. The highest BCUT2D eigenvalue weighted by Gasteiger charge is 2.08. The first-order chi connectivity index (χ1) is 11.7. The number of aromatic nitrogens is 2. The highest BCUT2D eigenvalue weighted by atomic mass is 16.3. The molecule has 2 aromatic carbocycles. The van der Waals surface area contributed by atoms with Crippen LogP contribution in [0.15, 0.2) is 71.4 Å². The normalized spacial score (nSPS) is 12.5. The number of amidine groups is 1. The Balaban J connectivity index is 2.17. The molecule has 0 unspecified atom stereocenters. The Morgan fingerprint density at radius 1 is 1.00 bits per heavy atom. The minimum Gasteiger partial charge on any atom is -0.400 e. The topological polar surface area (TPSA) is 110 Å². The number of fused-ring (bicyclic) bond motifs is 1. The van der Waals surface area contributed by atoms with Gasteiger partial charge in [0, 0.05) is 22.7 Å². The van der Waals surface area contributed by atoms with Crippen molar-refractivity contribution in [2.45, 2.75) is 0 Å². The third-order valence-corrected chi connectivity index (χ3v) is 3.37. The van der Waals surface area contributed by atoms with Gasteiger partial charge in [0.05, 0.1) is 12.1 Å². The molecule has 0 aliphatic carbocycles. The molecular formula is C18H17N5O. The van der Waals surface area contributed by atoms with E-state index in [0.717, 1.165) is 16.5 Å². The highest BCUT2D eigenvalue weighted by molar-refractivity contribution is 5.97. The number of nitrogens with zero attached hydrogens (tertiary/aromatic N) is 3. The number of hydrogen-bond donors (Lipinski definition) is 3. The fourth-order valence-electron chi connectivity index (χ4n) is 2.25. The quantitative estimate of drug-likeness (QED) is 0.504. The van der Waals surface area contributed by atoms with Crippen LogP contribution in [0.2, 0.25) is 0 Å². The van der Waals surface area contributed by atoms with E-state index in [0.29, 0.717) is 11.6 Å². The molecule has 0 aliphatic heterocycles.